The predicted molar refractivity (Wildman–Crippen MR) is 80.4 cm³/mol. The van der Waals surface area contributed by atoms with E-state index in [1.54, 1.807) is 45.0 Å². The summed E-state index contributed by atoms with van der Waals surface area (Å²) in [5, 5.41) is 5.03. The molecule has 2 aromatic heterocycles. The number of benzene rings is 1. The van der Waals surface area contributed by atoms with Crippen molar-refractivity contribution in [3.63, 3.8) is 0 Å². The van der Waals surface area contributed by atoms with Gasteiger partial charge >= 0.3 is 6.18 Å². The van der Waals surface area contributed by atoms with Crippen LogP contribution < -0.4 is 0 Å². The summed E-state index contributed by atoms with van der Waals surface area (Å²) in [5.41, 5.74) is -0.294. The number of pyridine rings is 1. The van der Waals surface area contributed by atoms with Gasteiger partial charge in [0.1, 0.15) is 11.2 Å². The molecule has 0 aliphatic heterocycles. The number of ketones is 1. The van der Waals surface area contributed by atoms with Crippen LogP contribution in [0.4, 0.5) is 13.2 Å². The van der Waals surface area contributed by atoms with Crippen LogP contribution in [0.2, 0.25) is 0 Å². The molecule has 2 heterocycles. The van der Waals surface area contributed by atoms with E-state index in [0.29, 0.717) is 16.4 Å². The molecule has 7 heteroatoms. The SMILES string of the molecule is CC(C)(C)n1nc2c(cnc3ccccc32)c1C(=O)C(F)(F)F. The highest BCUT2D eigenvalue weighted by Crippen LogP contribution is 2.32. The third kappa shape index (κ3) is 2.46. The summed E-state index contributed by atoms with van der Waals surface area (Å²) in [7, 11) is 0. The highest BCUT2D eigenvalue weighted by molar-refractivity contribution is 6.14. The number of carbonyl (C=O) groups is 1. The normalized spacial score (nSPS) is 13.0. The standard InChI is InChI=1S/C16H14F3N3O/c1-15(2,3)22-13(14(23)16(17,18)19)10-8-20-11-7-5-4-6-9(11)12(10)21-22/h4-8H,1-3H3. The zero-order valence-electron chi connectivity index (χ0n) is 12.8. The number of carbonyl (C=O) groups excluding carboxylic acids is 1. The van der Waals surface area contributed by atoms with E-state index < -0.39 is 23.2 Å². The maximum Gasteiger partial charge on any atom is 0.456 e. The van der Waals surface area contributed by atoms with Crippen molar-refractivity contribution in [1.29, 1.82) is 0 Å². The molecule has 0 bridgehead atoms. The maximum absolute atomic E-state index is 13.0. The number of hydrogen-bond donors (Lipinski definition) is 0. The van der Waals surface area contributed by atoms with Crippen LogP contribution in [0.1, 0.15) is 31.3 Å². The number of alkyl halides is 3. The second-order valence-electron chi connectivity index (χ2n) is 6.30. The first-order valence-electron chi connectivity index (χ1n) is 6.99. The molecule has 0 aliphatic rings. The molecule has 120 valence electrons. The van der Waals surface area contributed by atoms with E-state index in [1.165, 1.54) is 6.20 Å². The van der Waals surface area contributed by atoms with Crippen molar-refractivity contribution in [3.05, 3.63) is 36.2 Å². The van der Waals surface area contributed by atoms with E-state index in [-0.39, 0.29) is 5.39 Å². The Morgan fingerprint density at radius 1 is 1.09 bits per heavy atom. The summed E-state index contributed by atoms with van der Waals surface area (Å²) in [5.74, 6) is -1.91. The molecule has 0 spiro atoms. The van der Waals surface area contributed by atoms with Gasteiger partial charge in [-0.25, -0.2) is 0 Å². The maximum atomic E-state index is 13.0. The van der Waals surface area contributed by atoms with Gasteiger partial charge in [0.2, 0.25) is 0 Å². The van der Waals surface area contributed by atoms with Crippen LogP contribution >= 0.6 is 0 Å². The topological polar surface area (TPSA) is 47.8 Å². The molecule has 0 aliphatic carbocycles. The van der Waals surface area contributed by atoms with Crippen molar-refractivity contribution >= 4 is 27.6 Å². The molecule has 0 unspecified atom stereocenters. The van der Waals surface area contributed by atoms with Gasteiger partial charge in [-0.1, -0.05) is 18.2 Å². The highest BCUT2D eigenvalue weighted by atomic mass is 19.4. The molecule has 0 saturated carbocycles. The summed E-state index contributed by atoms with van der Waals surface area (Å²) in [6, 6.07) is 7.01. The van der Waals surface area contributed by atoms with Gasteiger partial charge in [0.15, 0.2) is 0 Å². The van der Waals surface area contributed by atoms with E-state index in [1.807, 2.05) is 0 Å². The molecule has 0 N–H and O–H groups in total. The minimum Gasteiger partial charge on any atom is -0.282 e. The van der Waals surface area contributed by atoms with E-state index in [4.69, 9.17) is 0 Å². The van der Waals surface area contributed by atoms with Gasteiger partial charge in [0.05, 0.1) is 16.4 Å². The Labute approximate surface area is 129 Å². The van der Waals surface area contributed by atoms with Crippen LogP contribution in [0.15, 0.2) is 30.5 Å². The van der Waals surface area contributed by atoms with Crippen LogP contribution in [-0.2, 0) is 5.54 Å². The molecule has 4 nitrogen and oxygen atoms in total. The lowest BCUT2D eigenvalue weighted by Crippen LogP contribution is -2.32. The Morgan fingerprint density at radius 3 is 2.35 bits per heavy atom. The summed E-state index contributed by atoms with van der Waals surface area (Å²) < 4.78 is 40.2. The first kappa shape index (κ1) is 15.5. The number of nitrogens with zero attached hydrogens (tertiary/aromatic N) is 3. The molecule has 23 heavy (non-hydrogen) atoms. The fourth-order valence-electron chi connectivity index (χ4n) is 2.51. The molecule has 0 amide bonds. The van der Waals surface area contributed by atoms with Gasteiger partial charge in [-0.2, -0.15) is 18.3 Å². The lowest BCUT2D eigenvalue weighted by atomic mass is 10.1. The average Bonchev–Trinajstić information content (AvgIpc) is 2.85. The Hall–Kier alpha value is -2.44. The first-order chi connectivity index (χ1) is 10.6. The average molecular weight is 321 g/mol. The zero-order chi connectivity index (χ0) is 17.0. The van der Waals surface area contributed by atoms with Gasteiger partial charge < -0.3 is 0 Å². The van der Waals surface area contributed by atoms with Crippen LogP contribution in [-0.4, -0.2) is 26.7 Å². The summed E-state index contributed by atoms with van der Waals surface area (Å²) in [6.45, 7) is 5.09. The molecule has 1 aromatic carbocycles. The van der Waals surface area contributed by atoms with E-state index in [0.717, 1.165) is 4.68 Å². The van der Waals surface area contributed by atoms with Crippen LogP contribution in [0.3, 0.4) is 0 Å². The van der Waals surface area contributed by atoms with Crippen molar-refractivity contribution in [1.82, 2.24) is 14.8 Å². The van der Waals surface area contributed by atoms with Gasteiger partial charge in [-0.05, 0) is 26.8 Å². The summed E-state index contributed by atoms with van der Waals surface area (Å²) in [6.07, 6.45) is -3.69. The largest absolute Gasteiger partial charge is 0.456 e. The molecular weight excluding hydrogens is 307 g/mol. The van der Waals surface area contributed by atoms with Crippen molar-refractivity contribution in [3.8, 4) is 0 Å². The van der Waals surface area contributed by atoms with Crippen molar-refractivity contribution < 1.29 is 18.0 Å². The van der Waals surface area contributed by atoms with Gasteiger partial charge in [-0.15, -0.1) is 0 Å². The third-order valence-corrected chi connectivity index (χ3v) is 3.52. The molecule has 3 aromatic rings. The molecule has 0 radical (unpaired) electrons. The summed E-state index contributed by atoms with van der Waals surface area (Å²) in [4.78, 5) is 16.1. The third-order valence-electron chi connectivity index (χ3n) is 3.52. The number of fused-ring (bicyclic) bond motifs is 3. The second kappa shape index (κ2) is 4.78. The van der Waals surface area contributed by atoms with Gasteiger partial charge in [0.25, 0.3) is 5.78 Å². The predicted octanol–water partition coefficient (Wildman–Crippen LogP) is 4.08. The smallest absolute Gasteiger partial charge is 0.282 e. The number of Topliss-reactive ketones (excluding diaryl/α,β-unsaturated/α-hetero) is 1. The second-order valence-corrected chi connectivity index (χ2v) is 6.30. The van der Waals surface area contributed by atoms with Crippen molar-refractivity contribution in [2.45, 2.75) is 32.5 Å². The number of halogens is 3. The van der Waals surface area contributed by atoms with E-state index in [2.05, 4.69) is 10.1 Å². The number of para-hydroxylation sites is 1. The molecule has 0 atom stereocenters. The number of rotatable bonds is 1. The van der Waals surface area contributed by atoms with Crippen LogP contribution in [0.25, 0.3) is 21.8 Å². The molecular formula is C16H14F3N3O. The highest BCUT2D eigenvalue weighted by Gasteiger charge is 2.43. The fraction of sp³-hybridized carbons (Fsp3) is 0.312. The van der Waals surface area contributed by atoms with E-state index in [9.17, 15) is 18.0 Å². The zero-order valence-corrected chi connectivity index (χ0v) is 12.8. The Kier molecular flexibility index (Phi) is 3.21. The van der Waals surface area contributed by atoms with Crippen molar-refractivity contribution in [2.24, 2.45) is 0 Å². The minimum absolute atomic E-state index is 0.112. The van der Waals surface area contributed by atoms with Gasteiger partial charge in [0, 0.05) is 11.6 Å². The molecule has 0 saturated heterocycles. The first-order valence-corrected chi connectivity index (χ1v) is 6.99. The summed E-state index contributed by atoms with van der Waals surface area (Å²) >= 11 is 0. The molecule has 0 fully saturated rings. The Bertz CT molecular complexity index is 920. The van der Waals surface area contributed by atoms with E-state index >= 15 is 0 Å². The number of hydrogen-bond acceptors (Lipinski definition) is 3. The Balaban J connectivity index is 2.45. The lowest BCUT2D eigenvalue weighted by molar-refractivity contribution is -0.0892. The van der Waals surface area contributed by atoms with Crippen LogP contribution in [0.5, 0.6) is 0 Å². The monoisotopic (exact) mass is 321 g/mol. The lowest BCUT2D eigenvalue weighted by Gasteiger charge is -2.22. The van der Waals surface area contributed by atoms with Crippen molar-refractivity contribution in [2.75, 3.05) is 0 Å². The Morgan fingerprint density at radius 2 is 1.74 bits per heavy atom. The fourth-order valence-corrected chi connectivity index (χ4v) is 2.51. The molecule has 3 rings (SSSR count). The quantitative estimate of drug-likeness (QED) is 0.634. The number of aromatic nitrogens is 3. The van der Waals surface area contributed by atoms with Crippen LogP contribution in [0, 0.1) is 0 Å². The minimum atomic E-state index is -4.97. The van der Waals surface area contributed by atoms with Gasteiger partial charge in [-0.3, -0.25) is 14.5 Å².